The van der Waals surface area contributed by atoms with Gasteiger partial charge in [-0.2, -0.15) is 0 Å². The summed E-state index contributed by atoms with van der Waals surface area (Å²) in [5.41, 5.74) is 3.01. The summed E-state index contributed by atoms with van der Waals surface area (Å²) in [5, 5.41) is 21.0. The van der Waals surface area contributed by atoms with E-state index in [-0.39, 0.29) is 16.9 Å². The molecule has 0 spiro atoms. The minimum Gasteiger partial charge on any atom is -0.508 e. The van der Waals surface area contributed by atoms with Crippen molar-refractivity contribution >= 4 is 23.1 Å². The van der Waals surface area contributed by atoms with Crippen molar-refractivity contribution in [3.8, 4) is 5.75 Å². The van der Waals surface area contributed by atoms with E-state index in [1.54, 1.807) is 24.3 Å². The number of phenols is 1. The first-order valence-corrected chi connectivity index (χ1v) is 9.71. The van der Waals surface area contributed by atoms with Gasteiger partial charge in [0.05, 0.1) is 11.6 Å². The average molecular weight is 417 g/mol. The van der Waals surface area contributed by atoms with Crippen molar-refractivity contribution in [2.45, 2.75) is 19.9 Å². The van der Waals surface area contributed by atoms with Crippen molar-refractivity contribution in [1.82, 2.24) is 0 Å². The lowest BCUT2D eigenvalue weighted by Gasteiger charge is -2.26. The number of ketones is 1. The van der Waals surface area contributed by atoms with E-state index >= 15 is 0 Å². The van der Waals surface area contributed by atoms with Gasteiger partial charge in [-0.1, -0.05) is 18.2 Å². The van der Waals surface area contributed by atoms with E-state index < -0.39 is 29.3 Å². The number of hydrogen-bond donors (Lipinski definition) is 2. The fourth-order valence-corrected chi connectivity index (χ4v) is 3.75. The number of hydrogen-bond acceptors (Lipinski definition) is 4. The predicted octanol–water partition coefficient (Wildman–Crippen LogP) is 4.77. The fraction of sp³-hybridized carbons (Fsp3) is 0.120. The molecule has 0 aromatic heterocycles. The minimum atomic E-state index is -0.959. The van der Waals surface area contributed by atoms with Gasteiger partial charge in [0.25, 0.3) is 11.7 Å². The Morgan fingerprint density at radius 3 is 2.29 bits per heavy atom. The molecule has 31 heavy (non-hydrogen) atoms. The van der Waals surface area contributed by atoms with E-state index in [4.69, 9.17) is 0 Å². The molecule has 1 aliphatic rings. The van der Waals surface area contributed by atoms with Crippen molar-refractivity contribution in [2.24, 2.45) is 0 Å². The van der Waals surface area contributed by atoms with Crippen molar-refractivity contribution in [3.63, 3.8) is 0 Å². The maximum atomic E-state index is 13.4. The van der Waals surface area contributed by atoms with Crippen molar-refractivity contribution in [3.05, 3.63) is 100 Å². The number of aryl methyl sites for hydroxylation is 2. The number of benzene rings is 3. The summed E-state index contributed by atoms with van der Waals surface area (Å²) in [4.78, 5) is 27.4. The van der Waals surface area contributed by atoms with Gasteiger partial charge in [-0.15, -0.1) is 0 Å². The summed E-state index contributed by atoms with van der Waals surface area (Å²) in [6.45, 7) is 3.84. The topological polar surface area (TPSA) is 77.8 Å². The molecule has 1 amide bonds. The first-order valence-electron chi connectivity index (χ1n) is 9.71. The summed E-state index contributed by atoms with van der Waals surface area (Å²) in [6.07, 6.45) is 0. The zero-order chi connectivity index (χ0) is 22.3. The second-order valence-corrected chi connectivity index (χ2v) is 7.54. The normalized spacial score (nSPS) is 17.9. The number of carbonyl (C=O) groups excluding carboxylic acids is 2. The zero-order valence-corrected chi connectivity index (χ0v) is 17.0. The SMILES string of the molecule is Cc1ccc(N2C(=O)C(=O)/C(=C(/O)c3ccc(F)cc3)C2c2cccc(O)c2)cc1C. The maximum absolute atomic E-state index is 13.4. The first kappa shape index (κ1) is 20.3. The van der Waals surface area contributed by atoms with Crippen molar-refractivity contribution in [2.75, 3.05) is 4.90 Å². The van der Waals surface area contributed by atoms with Crippen LogP contribution in [0.25, 0.3) is 5.76 Å². The maximum Gasteiger partial charge on any atom is 0.300 e. The van der Waals surface area contributed by atoms with Crippen LogP contribution in [0.4, 0.5) is 10.1 Å². The molecule has 1 heterocycles. The quantitative estimate of drug-likeness (QED) is 0.365. The molecular formula is C25H20FNO4. The number of anilines is 1. The Balaban J connectivity index is 1.96. The predicted molar refractivity (Wildman–Crippen MR) is 115 cm³/mol. The number of Topliss-reactive ketones (excluding diaryl/α,β-unsaturated/α-hetero) is 1. The van der Waals surface area contributed by atoms with Gasteiger partial charge in [-0.05, 0) is 79.1 Å². The second kappa shape index (κ2) is 7.72. The van der Waals surface area contributed by atoms with Gasteiger partial charge in [0.1, 0.15) is 17.3 Å². The highest BCUT2D eigenvalue weighted by atomic mass is 19.1. The summed E-state index contributed by atoms with van der Waals surface area (Å²) >= 11 is 0. The Labute approximate surface area is 178 Å². The third-order valence-electron chi connectivity index (χ3n) is 5.52. The van der Waals surface area contributed by atoms with E-state index in [2.05, 4.69) is 0 Å². The average Bonchev–Trinajstić information content (AvgIpc) is 3.01. The van der Waals surface area contributed by atoms with Crippen LogP contribution in [0.15, 0.2) is 72.3 Å². The molecule has 2 N–H and O–H groups in total. The lowest BCUT2D eigenvalue weighted by molar-refractivity contribution is -0.132. The van der Waals surface area contributed by atoms with E-state index in [9.17, 15) is 24.2 Å². The summed E-state index contributed by atoms with van der Waals surface area (Å²) in [6, 6.07) is 15.6. The zero-order valence-electron chi connectivity index (χ0n) is 17.0. The van der Waals surface area contributed by atoms with Gasteiger partial charge in [0.2, 0.25) is 0 Å². The third-order valence-corrected chi connectivity index (χ3v) is 5.52. The number of carbonyl (C=O) groups is 2. The number of aliphatic hydroxyl groups is 1. The number of phenolic OH excluding ortho intramolecular Hbond substituents is 1. The molecule has 0 saturated carbocycles. The smallest absolute Gasteiger partial charge is 0.300 e. The van der Waals surface area contributed by atoms with E-state index in [0.717, 1.165) is 23.3 Å². The fourth-order valence-electron chi connectivity index (χ4n) is 3.75. The molecule has 0 bridgehead atoms. The number of aromatic hydroxyl groups is 1. The van der Waals surface area contributed by atoms with E-state index in [0.29, 0.717) is 11.3 Å². The van der Waals surface area contributed by atoms with Crippen LogP contribution in [-0.4, -0.2) is 21.9 Å². The number of halogens is 1. The highest BCUT2D eigenvalue weighted by Crippen LogP contribution is 2.43. The Hall–Kier alpha value is -3.93. The van der Waals surface area contributed by atoms with Gasteiger partial charge in [-0.25, -0.2) is 4.39 Å². The molecule has 5 nitrogen and oxygen atoms in total. The third kappa shape index (κ3) is 3.57. The molecule has 156 valence electrons. The molecule has 6 heteroatoms. The highest BCUT2D eigenvalue weighted by Gasteiger charge is 2.47. The molecule has 0 radical (unpaired) electrons. The number of nitrogens with zero attached hydrogens (tertiary/aromatic N) is 1. The summed E-state index contributed by atoms with van der Waals surface area (Å²) in [7, 11) is 0. The Morgan fingerprint density at radius 2 is 1.65 bits per heavy atom. The molecule has 0 aliphatic carbocycles. The minimum absolute atomic E-state index is 0.0371. The Kier molecular flexibility index (Phi) is 5.07. The van der Waals surface area contributed by atoms with Crippen molar-refractivity contribution in [1.29, 1.82) is 0 Å². The lowest BCUT2D eigenvalue weighted by Crippen LogP contribution is -2.29. The highest BCUT2D eigenvalue weighted by molar-refractivity contribution is 6.51. The van der Waals surface area contributed by atoms with Gasteiger partial charge in [0, 0.05) is 11.3 Å². The van der Waals surface area contributed by atoms with Gasteiger partial charge in [0.15, 0.2) is 0 Å². The number of rotatable bonds is 3. The second-order valence-electron chi connectivity index (χ2n) is 7.54. The monoisotopic (exact) mass is 417 g/mol. The van der Waals surface area contributed by atoms with Gasteiger partial charge in [-0.3, -0.25) is 14.5 Å². The van der Waals surface area contributed by atoms with Crippen LogP contribution in [0.2, 0.25) is 0 Å². The molecule has 3 aromatic carbocycles. The summed E-state index contributed by atoms with van der Waals surface area (Å²) < 4.78 is 13.4. The van der Waals surface area contributed by atoms with Crippen LogP contribution in [0.5, 0.6) is 5.75 Å². The van der Waals surface area contributed by atoms with Crippen LogP contribution in [-0.2, 0) is 9.59 Å². The van der Waals surface area contributed by atoms with Gasteiger partial charge < -0.3 is 10.2 Å². The molecule has 1 saturated heterocycles. The van der Waals surface area contributed by atoms with Crippen molar-refractivity contribution < 1.29 is 24.2 Å². The van der Waals surface area contributed by atoms with Crippen LogP contribution in [0.3, 0.4) is 0 Å². The van der Waals surface area contributed by atoms with Crippen LogP contribution >= 0.6 is 0 Å². The number of aliphatic hydroxyl groups excluding tert-OH is 1. The molecule has 1 aliphatic heterocycles. The lowest BCUT2D eigenvalue weighted by atomic mass is 9.95. The molecule has 3 aromatic rings. The Morgan fingerprint density at radius 1 is 0.935 bits per heavy atom. The standard InChI is InChI=1S/C25H20FNO4/c1-14-6-11-19(12-15(14)2)27-22(17-4-3-5-20(28)13-17)21(24(30)25(27)31)23(29)16-7-9-18(26)10-8-16/h3-13,22,28-29H,1-2H3/b23-21+. The van der Waals surface area contributed by atoms with Crippen LogP contribution in [0, 0.1) is 19.7 Å². The largest absolute Gasteiger partial charge is 0.508 e. The molecule has 1 fully saturated rings. The molecule has 4 rings (SSSR count). The van der Waals surface area contributed by atoms with E-state index in [1.165, 1.54) is 29.2 Å². The molecular weight excluding hydrogens is 397 g/mol. The Bertz CT molecular complexity index is 1230. The van der Waals surface area contributed by atoms with E-state index in [1.807, 2.05) is 19.9 Å². The molecule has 1 atom stereocenters. The van der Waals surface area contributed by atoms with Crippen LogP contribution in [0.1, 0.15) is 28.3 Å². The first-order chi connectivity index (χ1) is 14.8. The van der Waals surface area contributed by atoms with Gasteiger partial charge >= 0.3 is 0 Å². The van der Waals surface area contributed by atoms with Crippen LogP contribution < -0.4 is 4.90 Å². The number of amides is 1. The molecule has 1 unspecified atom stereocenters. The summed E-state index contributed by atoms with van der Waals surface area (Å²) in [5.74, 6) is -2.58.